The van der Waals surface area contributed by atoms with Gasteiger partial charge in [-0.1, -0.05) is 0 Å². The van der Waals surface area contributed by atoms with E-state index in [1.54, 1.807) is 7.11 Å². The van der Waals surface area contributed by atoms with E-state index < -0.39 is 0 Å². The van der Waals surface area contributed by atoms with Crippen LogP contribution in [0, 0.1) is 0 Å². The third-order valence-electron chi connectivity index (χ3n) is 1.66. The average Bonchev–Trinajstić information content (AvgIpc) is 1.98. The molecule has 0 bridgehead atoms. The van der Waals surface area contributed by atoms with E-state index in [9.17, 15) is 0 Å². The highest BCUT2D eigenvalue weighted by Crippen LogP contribution is 1.92. The zero-order valence-electron chi connectivity index (χ0n) is 7.00. The topological polar surface area (TPSA) is 32.7 Å². The molecule has 1 unspecified atom stereocenters. The summed E-state index contributed by atoms with van der Waals surface area (Å²) in [6, 6.07) is 0.232. The van der Waals surface area contributed by atoms with Crippen molar-refractivity contribution in [2.45, 2.75) is 13.0 Å². The van der Waals surface area contributed by atoms with Crippen molar-refractivity contribution in [3.8, 4) is 0 Å². The van der Waals surface area contributed by atoms with E-state index in [4.69, 9.17) is 9.84 Å². The van der Waals surface area contributed by atoms with Gasteiger partial charge < -0.3 is 9.84 Å². The predicted molar refractivity (Wildman–Crippen MR) is 41.1 cm³/mol. The summed E-state index contributed by atoms with van der Waals surface area (Å²) in [5.41, 5.74) is 0. The van der Waals surface area contributed by atoms with Crippen LogP contribution in [0.5, 0.6) is 0 Å². The van der Waals surface area contributed by atoms with Gasteiger partial charge in [0.2, 0.25) is 0 Å². The Balaban J connectivity index is 3.31. The maximum Gasteiger partial charge on any atom is 0.0589 e. The number of aliphatic hydroxyl groups excluding tert-OH is 1. The SMILES string of the molecule is COCCN(C)C(C)CO. The molecule has 3 heteroatoms. The lowest BCUT2D eigenvalue weighted by atomic mass is 10.3. The summed E-state index contributed by atoms with van der Waals surface area (Å²) in [6.45, 7) is 3.79. The lowest BCUT2D eigenvalue weighted by Gasteiger charge is -2.21. The van der Waals surface area contributed by atoms with Crippen LogP contribution in [0.15, 0.2) is 0 Å². The number of hydrogen-bond donors (Lipinski definition) is 1. The molecule has 10 heavy (non-hydrogen) atoms. The largest absolute Gasteiger partial charge is 0.395 e. The van der Waals surface area contributed by atoms with Gasteiger partial charge in [0, 0.05) is 19.7 Å². The van der Waals surface area contributed by atoms with Crippen molar-refractivity contribution in [1.29, 1.82) is 0 Å². The van der Waals surface area contributed by atoms with Gasteiger partial charge in [-0.15, -0.1) is 0 Å². The van der Waals surface area contributed by atoms with E-state index in [0.29, 0.717) is 0 Å². The van der Waals surface area contributed by atoms with E-state index in [0.717, 1.165) is 13.2 Å². The Hall–Kier alpha value is -0.120. The summed E-state index contributed by atoms with van der Waals surface area (Å²) >= 11 is 0. The van der Waals surface area contributed by atoms with Crippen LogP contribution in [0.1, 0.15) is 6.92 Å². The second kappa shape index (κ2) is 5.65. The quantitative estimate of drug-likeness (QED) is 0.591. The van der Waals surface area contributed by atoms with Gasteiger partial charge in [0.25, 0.3) is 0 Å². The fourth-order valence-corrected chi connectivity index (χ4v) is 0.595. The molecular formula is C7H17NO2. The highest BCUT2D eigenvalue weighted by Gasteiger charge is 2.05. The maximum atomic E-state index is 8.72. The lowest BCUT2D eigenvalue weighted by Crippen LogP contribution is -2.34. The molecule has 0 aromatic carbocycles. The summed E-state index contributed by atoms with van der Waals surface area (Å²) in [5.74, 6) is 0. The molecule has 0 heterocycles. The van der Waals surface area contributed by atoms with Gasteiger partial charge in [0.1, 0.15) is 0 Å². The van der Waals surface area contributed by atoms with Gasteiger partial charge in [-0.3, -0.25) is 4.90 Å². The Morgan fingerprint density at radius 2 is 2.20 bits per heavy atom. The van der Waals surface area contributed by atoms with E-state index in [2.05, 4.69) is 4.90 Å². The summed E-state index contributed by atoms with van der Waals surface area (Å²) in [7, 11) is 3.65. The summed E-state index contributed by atoms with van der Waals surface area (Å²) in [4.78, 5) is 2.06. The van der Waals surface area contributed by atoms with E-state index in [1.807, 2.05) is 14.0 Å². The molecular weight excluding hydrogens is 130 g/mol. The Kier molecular flexibility index (Phi) is 5.58. The lowest BCUT2D eigenvalue weighted by molar-refractivity contribution is 0.114. The van der Waals surface area contributed by atoms with E-state index in [-0.39, 0.29) is 12.6 Å². The Bertz CT molecular complexity index is 78.0. The summed E-state index contributed by atoms with van der Waals surface area (Å²) < 4.78 is 4.88. The molecule has 3 nitrogen and oxygen atoms in total. The summed E-state index contributed by atoms with van der Waals surface area (Å²) in [6.07, 6.45) is 0. The summed E-state index contributed by atoms with van der Waals surface area (Å²) in [5, 5.41) is 8.72. The number of likely N-dealkylation sites (N-methyl/N-ethyl adjacent to an activating group) is 1. The van der Waals surface area contributed by atoms with Crippen LogP contribution in [0.25, 0.3) is 0 Å². The van der Waals surface area contributed by atoms with Gasteiger partial charge in [-0.05, 0) is 14.0 Å². The number of aliphatic hydroxyl groups is 1. The zero-order valence-corrected chi connectivity index (χ0v) is 7.00. The van der Waals surface area contributed by atoms with Crippen LogP contribution in [-0.2, 0) is 4.74 Å². The van der Waals surface area contributed by atoms with Crippen molar-refractivity contribution >= 4 is 0 Å². The fraction of sp³-hybridized carbons (Fsp3) is 1.00. The van der Waals surface area contributed by atoms with Crippen molar-refractivity contribution in [1.82, 2.24) is 4.90 Å². The second-order valence-electron chi connectivity index (χ2n) is 2.51. The number of ether oxygens (including phenoxy) is 1. The standard InChI is InChI=1S/C7H17NO2/c1-7(6-9)8(2)4-5-10-3/h7,9H,4-6H2,1-3H3. The van der Waals surface area contributed by atoms with Gasteiger partial charge in [-0.2, -0.15) is 0 Å². The molecule has 0 aliphatic rings. The molecule has 0 saturated heterocycles. The fourth-order valence-electron chi connectivity index (χ4n) is 0.595. The first kappa shape index (κ1) is 9.88. The number of rotatable bonds is 5. The molecule has 0 spiro atoms. The van der Waals surface area contributed by atoms with Gasteiger partial charge >= 0.3 is 0 Å². The molecule has 0 aromatic rings. The molecule has 1 atom stereocenters. The Morgan fingerprint density at radius 3 is 2.60 bits per heavy atom. The monoisotopic (exact) mass is 147 g/mol. The zero-order chi connectivity index (χ0) is 7.98. The molecule has 0 aliphatic heterocycles. The van der Waals surface area contributed by atoms with Crippen LogP contribution in [0.4, 0.5) is 0 Å². The molecule has 0 fully saturated rings. The Labute approximate surface area is 62.6 Å². The minimum absolute atomic E-state index is 0.209. The number of methoxy groups -OCH3 is 1. The average molecular weight is 147 g/mol. The van der Waals surface area contributed by atoms with Crippen molar-refractivity contribution in [2.75, 3.05) is 33.9 Å². The molecule has 0 rings (SSSR count). The first-order valence-electron chi connectivity index (χ1n) is 3.52. The van der Waals surface area contributed by atoms with Crippen molar-refractivity contribution < 1.29 is 9.84 Å². The molecule has 0 aromatic heterocycles. The molecule has 0 aliphatic carbocycles. The molecule has 62 valence electrons. The highest BCUT2D eigenvalue weighted by atomic mass is 16.5. The maximum absolute atomic E-state index is 8.72. The number of nitrogens with zero attached hydrogens (tertiary/aromatic N) is 1. The normalized spacial score (nSPS) is 14.1. The third kappa shape index (κ3) is 3.82. The first-order chi connectivity index (χ1) is 4.72. The van der Waals surface area contributed by atoms with Crippen LogP contribution in [-0.4, -0.2) is 50.0 Å². The van der Waals surface area contributed by atoms with Crippen LogP contribution < -0.4 is 0 Å². The second-order valence-corrected chi connectivity index (χ2v) is 2.51. The minimum Gasteiger partial charge on any atom is -0.395 e. The molecule has 0 amide bonds. The first-order valence-corrected chi connectivity index (χ1v) is 3.52. The van der Waals surface area contributed by atoms with Gasteiger partial charge in [-0.25, -0.2) is 0 Å². The van der Waals surface area contributed by atoms with Crippen LogP contribution in [0.3, 0.4) is 0 Å². The van der Waals surface area contributed by atoms with Crippen LogP contribution in [0.2, 0.25) is 0 Å². The van der Waals surface area contributed by atoms with Gasteiger partial charge in [0.05, 0.1) is 13.2 Å². The Morgan fingerprint density at radius 1 is 1.60 bits per heavy atom. The van der Waals surface area contributed by atoms with Crippen molar-refractivity contribution in [2.24, 2.45) is 0 Å². The van der Waals surface area contributed by atoms with Crippen molar-refractivity contribution in [3.63, 3.8) is 0 Å². The van der Waals surface area contributed by atoms with Crippen LogP contribution >= 0.6 is 0 Å². The van der Waals surface area contributed by atoms with Gasteiger partial charge in [0.15, 0.2) is 0 Å². The smallest absolute Gasteiger partial charge is 0.0589 e. The molecule has 0 radical (unpaired) electrons. The molecule has 0 saturated carbocycles. The predicted octanol–water partition coefficient (Wildman–Crippen LogP) is -0.0546. The van der Waals surface area contributed by atoms with E-state index >= 15 is 0 Å². The number of hydrogen-bond acceptors (Lipinski definition) is 3. The highest BCUT2D eigenvalue weighted by molar-refractivity contribution is 4.59. The third-order valence-corrected chi connectivity index (χ3v) is 1.66. The van der Waals surface area contributed by atoms with Crippen molar-refractivity contribution in [3.05, 3.63) is 0 Å². The van der Waals surface area contributed by atoms with E-state index in [1.165, 1.54) is 0 Å². The minimum atomic E-state index is 0.209. The molecule has 1 N–H and O–H groups in total.